The molecule has 1 N–H and O–H groups in total. The highest BCUT2D eigenvalue weighted by Crippen LogP contribution is 2.23. The van der Waals surface area contributed by atoms with Crippen LogP contribution in [0.15, 0.2) is 0 Å². The Morgan fingerprint density at radius 3 is 2.36 bits per heavy atom. The van der Waals surface area contributed by atoms with E-state index in [0.29, 0.717) is 19.4 Å². The lowest BCUT2D eigenvalue weighted by atomic mass is 9.94. The lowest BCUT2D eigenvalue weighted by Gasteiger charge is -2.32. The van der Waals surface area contributed by atoms with E-state index in [0.717, 1.165) is 13.1 Å². The molecule has 1 heterocycles. The van der Waals surface area contributed by atoms with Crippen LogP contribution in [0.3, 0.4) is 0 Å². The maximum Gasteiger partial charge on any atom is 0.126 e. The predicted octanol–water partition coefficient (Wildman–Crippen LogP) is 0.640. The molecule has 1 rings (SSSR count). The molecule has 1 aliphatic heterocycles. The van der Waals surface area contributed by atoms with E-state index >= 15 is 0 Å². The first-order valence-electron chi connectivity index (χ1n) is 4.17. The number of nitrogens with one attached hydrogen (secondary N) is 1. The lowest BCUT2D eigenvalue weighted by Crippen LogP contribution is -2.44. The van der Waals surface area contributed by atoms with Gasteiger partial charge in [0.25, 0.3) is 0 Å². The summed E-state index contributed by atoms with van der Waals surface area (Å²) in [5.74, 6) is 0. The molecule has 0 aromatic heterocycles. The quantitative estimate of drug-likeness (QED) is 0.637. The minimum Gasteiger partial charge on any atom is -0.316 e. The van der Waals surface area contributed by atoms with Crippen LogP contribution < -0.4 is 5.32 Å². The van der Waals surface area contributed by atoms with Gasteiger partial charge in [0.15, 0.2) is 0 Å². The summed E-state index contributed by atoms with van der Waals surface area (Å²) in [5, 5.41) is 3.15. The van der Waals surface area contributed by atoms with Gasteiger partial charge in [-0.3, -0.25) is 0 Å². The second-order valence-electron chi connectivity index (χ2n) is 3.64. The van der Waals surface area contributed by atoms with Gasteiger partial charge in [-0.25, -0.2) is 4.39 Å². The molecule has 0 aromatic carbocycles. The van der Waals surface area contributed by atoms with Crippen LogP contribution in [-0.2, 0) is 0 Å². The molecule has 0 spiro atoms. The third-order valence-corrected chi connectivity index (χ3v) is 2.10. The molecule has 2 nitrogen and oxygen atoms in total. The molecule has 0 atom stereocenters. The summed E-state index contributed by atoms with van der Waals surface area (Å²) in [4.78, 5) is 1.92. The van der Waals surface area contributed by atoms with E-state index in [1.165, 1.54) is 0 Å². The summed E-state index contributed by atoms with van der Waals surface area (Å²) in [6.07, 6.45) is 1.32. The first kappa shape index (κ1) is 8.94. The van der Waals surface area contributed by atoms with Crippen molar-refractivity contribution in [1.29, 1.82) is 0 Å². The third kappa shape index (κ3) is 2.75. The summed E-state index contributed by atoms with van der Waals surface area (Å²) in [6.45, 7) is 2.21. The number of hydrogen-bond donors (Lipinski definition) is 1. The van der Waals surface area contributed by atoms with E-state index in [4.69, 9.17) is 0 Å². The van der Waals surface area contributed by atoms with Crippen LogP contribution in [0.4, 0.5) is 4.39 Å². The normalized spacial score (nSPS) is 24.0. The van der Waals surface area contributed by atoms with Crippen molar-refractivity contribution < 1.29 is 4.39 Å². The summed E-state index contributed by atoms with van der Waals surface area (Å²) in [7, 11) is 3.84. The fraction of sp³-hybridized carbons (Fsp3) is 1.00. The molecule has 0 radical (unpaired) electrons. The van der Waals surface area contributed by atoms with Gasteiger partial charge in [0.05, 0.1) is 0 Å². The third-order valence-electron chi connectivity index (χ3n) is 2.10. The van der Waals surface area contributed by atoms with Crippen molar-refractivity contribution in [2.24, 2.45) is 0 Å². The fourth-order valence-corrected chi connectivity index (χ4v) is 1.60. The first-order chi connectivity index (χ1) is 5.12. The van der Waals surface area contributed by atoms with Crippen LogP contribution in [0.2, 0.25) is 0 Å². The van der Waals surface area contributed by atoms with E-state index in [-0.39, 0.29) is 0 Å². The second-order valence-corrected chi connectivity index (χ2v) is 3.64. The molecule has 0 aliphatic carbocycles. The highest BCUT2D eigenvalue weighted by atomic mass is 19.1. The van der Waals surface area contributed by atoms with E-state index in [2.05, 4.69) is 5.32 Å². The Balaban J connectivity index is 2.37. The molecular weight excluding hydrogens is 143 g/mol. The van der Waals surface area contributed by atoms with Crippen LogP contribution in [0.1, 0.15) is 12.8 Å². The number of halogens is 1. The zero-order valence-electron chi connectivity index (χ0n) is 7.36. The molecule has 1 fully saturated rings. The average Bonchev–Trinajstić information content (AvgIpc) is 1.85. The van der Waals surface area contributed by atoms with Gasteiger partial charge in [-0.15, -0.1) is 0 Å². The van der Waals surface area contributed by atoms with E-state index < -0.39 is 5.67 Å². The van der Waals surface area contributed by atoms with Crippen molar-refractivity contribution in [3.05, 3.63) is 0 Å². The van der Waals surface area contributed by atoms with E-state index in [1.807, 2.05) is 19.0 Å². The van der Waals surface area contributed by atoms with Crippen molar-refractivity contribution in [3.63, 3.8) is 0 Å². The zero-order chi connectivity index (χ0) is 8.32. The van der Waals surface area contributed by atoms with Crippen molar-refractivity contribution >= 4 is 0 Å². The molecule has 0 aromatic rings. The molecule has 0 saturated carbocycles. The maximum atomic E-state index is 13.7. The lowest BCUT2D eigenvalue weighted by molar-refractivity contribution is 0.0809. The van der Waals surface area contributed by atoms with Gasteiger partial charge in [0.1, 0.15) is 5.67 Å². The van der Waals surface area contributed by atoms with Gasteiger partial charge in [0, 0.05) is 6.54 Å². The standard InChI is InChI=1S/C8H17FN2/c1-11(2)7-8(9)3-5-10-6-4-8/h10H,3-7H2,1-2H3. The van der Waals surface area contributed by atoms with Crippen molar-refractivity contribution in [2.75, 3.05) is 33.7 Å². The highest BCUT2D eigenvalue weighted by molar-refractivity contribution is 4.86. The molecule has 0 bridgehead atoms. The van der Waals surface area contributed by atoms with Gasteiger partial charge in [0.2, 0.25) is 0 Å². The monoisotopic (exact) mass is 160 g/mol. The maximum absolute atomic E-state index is 13.7. The minimum absolute atomic E-state index is 0.564. The molecule has 66 valence electrons. The van der Waals surface area contributed by atoms with Crippen LogP contribution in [0.5, 0.6) is 0 Å². The Labute approximate surface area is 67.8 Å². The SMILES string of the molecule is CN(C)CC1(F)CCNCC1. The van der Waals surface area contributed by atoms with E-state index in [9.17, 15) is 4.39 Å². The Bertz CT molecular complexity index is 119. The predicted molar refractivity (Wildman–Crippen MR) is 44.5 cm³/mol. The molecule has 11 heavy (non-hydrogen) atoms. The Kier molecular flexibility index (Phi) is 2.84. The smallest absolute Gasteiger partial charge is 0.126 e. The van der Waals surface area contributed by atoms with Gasteiger partial charge in [-0.2, -0.15) is 0 Å². The number of nitrogens with zero attached hydrogens (tertiary/aromatic N) is 1. The molecule has 0 unspecified atom stereocenters. The van der Waals surface area contributed by atoms with Crippen molar-refractivity contribution in [1.82, 2.24) is 10.2 Å². The van der Waals surface area contributed by atoms with Crippen LogP contribution in [0, 0.1) is 0 Å². The van der Waals surface area contributed by atoms with Crippen LogP contribution >= 0.6 is 0 Å². The molecule has 3 heteroatoms. The van der Waals surface area contributed by atoms with Crippen molar-refractivity contribution in [2.45, 2.75) is 18.5 Å². The van der Waals surface area contributed by atoms with E-state index in [1.54, 1.807) is 0 Å². The van der Waals surface area contributed by atoms with Gasteiger partial charge < -0.3 is 10.2 Å². The summed E-state index contributed by atoms with van der Waals surface area (Å²) in [6, 6.07) is 0. The zero-order valence-corrected chi connectivity index (χ0v) is 7.36. The van der Waals surface area contributed by atoms with Gasteiger partial charge >= 0.3 is 0 Å². The van der Waals surface area contributed by atoms with Crippen molar-refractivity contribution in [3.8, 4) is 0 Å². The largest absolute Gasteiger partial charge is 0.316 e. The Morgan fingerprint density at radius 2 is 1.91 bits per heavy atom. The number of rotatable bonds is 2. The number of alkyl halides is 1. The first-order valence-corrected chi connectivity index (χ1v) is 4.17. The average molecular weight is 160 g/mol. The Hall–Kier alpha value is -0.150. The minimum atomic E-state index is -0.936. The molecule has 0 amide bonds. The fourth-order valence-electron chi connectivity index (χ4n) is 1.60. The van der Waals surface area contributed by atoms with Crippen LogP contribution in [0.25, 0.3) is 0 Å². The van der Waals surface area contributed by atoms with Crippen LogP contribution in [-0.4, -0.2) is 44.3 Å². The summed E-state index contributed by atoms with van der Waals surface area (Å²) in [5.41, 5.74) is -0.936. The molecule has 1 aliphatic rings. The Morgan fingerprint density at radius 1 is 1.36 bits per heavy atom. The van der Waals surface area contributed by atoms with Gasteiger partial charge in [-0.1, -0.05) is 0 Å². The number of hydrogen-bond acceptors (Lipinski definition) is 2. The summed E-state index contributed by atoms with van der Waals surface area (Å²) >= 11 is 0. The molecular formula is C8H17FN2. The molecule has 1 saturated heterocycles. The highest BCUT2D eigenvalue weighted by Gasteiger charge is 2.31. The summed E-state index contributed by atoms with van der Waals surface area (Å²) < 4.78 is 13.7. The topological polar surface area (TPSA) is 15.3 Å². The number of piperidine rings is 1. The van der Waals surface area contributed by atoms with Gasteiger partial charge in [-0.05, 0) is 40.0 Å². The second kappa shape index (κ2) is 3.50.